The van der Waals surface area contributed by atoms with Crippen molar-refractivity contribution >= 4 is 11.6 Å². The van der Waals surface area contributed by atoms with Crippen molar-refractivity contribution in [2.75, 3.05) is 18.8 Å². The van der Waals surface area contributed by atoms with Gasteiger partial charge >= 0.3 is 0 Å². The minimum absolute atomic E-state index is 0.429. The van der Waals surface area contributed by atoms with Crippen LogP contribution in [-0.4, -0.2) is 23.9 Å². The number of amides is 1. The first-order valence-corrected chi connectivity index (χ1v) is 7.00. The van der Waals surface area contributed by atoms with E-state index in [1.807, 2.05) is 6.07 Å². The summed E-state index contributed by atoms with van der Waals surface area (Å²) in [4.78, 5) is 13.5. The standard InChI is InChI=1S/C15H23N3O/c1-2-11-5-7-18(8-6-11)10-13-4-3-12(15(17)19)9-14(13)16/h3-4,9,11H,2,5-8,10,16H2,1H3,(H2,17,19). The summed E-state index contributed by atoms with van der Waals surface area (Å²) < 4.78 is 0. The van der Waals surface area contributed by atoms with Crippen LogP contribution >= 0.6 is 0 Å². The molecule has 1 aromatic carbocycles. The maximum absolute atomic E-state index is 11.1. The van der Waals surface area contributed by atoms with Crippen LogP contribution in [0, 0.1) is 5.92 Å². The molecule has 0 unspecified atom stereocenters. The van der Waals surface area contributed by atoms with E-state index in [-0.39, 0.29) is 0 Å². The fourth-order valence-electron chi connectivity index (χ4n) is 2.69. The van der Waals surface area contributed by atoms with E-state index < -0.39 is 5.91 Å². The number of primary amides is 1. The van der Waals surface area contributed by atoms with Crippen LogP contribution in [0.25, 0.3) is 0 Å². The highest BCUT2D eigenvalue weighted by Crippen LogP contribution is 2.23. The van der Waals surface area contributed by atoms with Crippen molar-refractivity contribution in [3.8, 4) is 0 Å². The van der Waals surface area contributed by atoms with Crippen LogP contribution < -0.4 is 11.5 Å². The Labute approximate surface area is 114 Å². The fraction of sp³-hybridized carbons (Fsp3) is 0.533. The maximum Gasteiger partial charge on any atom is 0.248 e. The third kappa shape index (κ3) is 3.47. The molecule has 0 radical (unpaired) electrons. The fourth-order valence-corrected chi connectivity index (χ4v) is 2.69. The van der Waals surface area contributed by atoms with Crippen LogP contribution in [0.1, 0.15) is 42.1 Å². The van der Waals surface area contributed by atoms with Crippen molar-refractivity contribution in [3.05, 3.63) is 29.3 Å². The van der Waals surface area contributed by atoms with Crippen molar-refractivity contribution in [2.24, 2.45) is 11.7 Å². The SMILES string of the molecule is CCC1CCN(Cc2ccc(C(N)=O)cc2N)CC1. The van der Waals surface area contributed by atoms with Crippen molar-refractivity contribution in [1.29, 1.82) is 0 Å². The monoisotopic (exact) mass is 261 g/mol. The Kier molecular flexibility index (Phi) is 4.43. The number of carbonyl (C=O) groups excluding carboxylic acids is 1. The molecule has 104 valence electrons. The van der Waals surface area contributed by atoms with Gasteiger partial charge in [0, 0.05) is 17.8 Å². The Bertz CT molecular complexity index is 451. The molecule has 1 aromatic rings. The first-order chi connectivity index (χ1) is 9.10. The van der Waals surface area contributed by atoms with Crippen LogP contribution in [0.3, 0.4) is 0 Å². The van der Waals surface area contributed by atoms with Gasteiger partial charge in [0.05, 0.1) is 0 Å². The van der Waals surface area contributed by atoms with Crippen LogP contribution in [0.4, 0.5) is 5.69 Å². The van der Waals surface area contributed by atoms with Crippen molar-refractivity contribution in [1.82, 2.24) is 4.90 Å². The molecule has 0 atom stereocenters. The van der Waals surface area contributed by atoms with Crippen molar-refractivity contribution in [3.63, 3.8) is 0 Å². The molecule has 1 aliphatic heterocycles. The molecular formula is C15H23N3O. The summed E-state index contributed by atoms with van der Waals surface area (Å²) in [5.41, 5.74) is 13.5. The number of nitrogen functional groups attached to an aromatic ring is 1. The number of hydrogen-bond donors (Lipinski definition) is 2. The summed E-state index contributed by atoms with van der Waals surface area (Å²) in [7, 11) is 0. The Morgan fingerprint density at radius 1 is 1.37 bits per heavy atom. The zero-order chi connectivity index (χ0) is 13.8. The predicted molar refractivity (Wildman–Crippen MR) is 77.7 cm³/mol. The zero-order valence-corrected chi connectivity index (χ0v) is 11.6. The molecule has 0 bridgehead atoms. The van der Waals surface area contributed by atoms with Gasteiger partial charge in [-0.25, -0.2) is 0 Å². The van der Waals surface area contributed by atoms with Gasteiger partial charge in [-0.3, -0.25) is 9.69 Å². The number of benzene rings is 1. The molecule has 2 rings (SSSR count). The average molecular weight is 261 g/mol. The summed E-state index contributed by atoms with van der Waals surface area (Å²) in [6, 6.07) is 5.35. The molecule has 1 saturated heterocycles. The number of carbonyl (C=O) groups is 1. The van der Waals surface area contributed by atoms with Gasteiger partial charge in [-0.05, 0) is 49.5 Å². The normalized spacial score (nSPS) is 17.5. The highest BCUT2D eigenvalue weighted by Gasteiger charge is 2.18. The molecule has 1 amide bonds. The predicted octanol–water partition coefficient (Wildman–Crippen LogP) is 1.99. The average Bonchev–Trinajstić information content (AvgIpc) is 2.41. The second kappa shape index (κ2) is 6.06. The van der Waals surface area contributed by atoms with Gasteiger partial charge in [0.25, 0.3) is 0 Å². The van der Waals surface area contributed by atoms with E-state index in [1.165, 1.54) is 19.3 Å². The lowest BCUT2D eigenvalue weighted by Gasteiger charge is -2.31. The van der Waals surface area contributed by atoms with Gasteiger partial charge in [0.15, 0.2) is 0 Å². The summed E-state index contributed by atoms with van der Waals surface area (Å²) in [6.45, 7) is 5.40. The van der Waals surface area contributed by atoms with E-state index in [9.17, 15) is 4.79 Å². The van der Waals surface area contributed by atoms with Gasteiger partial charge in [-0.2, -0.15) is 0 Å². The summed E-state index contributed by atoms with van der Waals surface area (Å²) >= 11 is 0. The number of nitrogens with two attached hydrogens (primary N) is 2. The van der Waals surface area contributed by atoms with E-state index in [4.69, 9.17) is 11.5 Å². The Morgan fingerprint density at radius 2 is 2.05 bits per heavy atom. The lowest BCUT2D eigenvalue weighted by atomic mass is 9.94. The van der Waals surface area contributed by atoms with Gasteiger partial charge in [-0.1, -0.05) is 19.4 Å². The summed E-state index contributed by atoms with van der Waals surface area (Å²) in [5, 5.41) is 0. The van der Waals surface area contributed by atoms with Crippen LogP contribution in [-0.2, 0) is 6.54 Å². The molecule has 1 fully saturated rings. The van der Waals surface area contributed by atoms with E-state index in [0.29, 0.717) is 11.3 Å². The topological polar surface area (TPSA) is 72.3 Å². The molecule has 1 heterocycles. The quantitative estimate of drug-likeness (QED) is 0.814. The maximum atomic E-state index is 11.1. The smallest absolute Gasteiger partial charge is 0.248 e. The lowest BCUT2D eigenvalue weighted by Crippen LogP contribution is -2.33. The van der Waals surface area contributed by atoms with Crippen LogP contribution in [0.15, 0.2) is 18.2 Å². The minimum atomic E-state index is -0.429. The number of nitrogens with zero attached hydrogens (tertiary/aromatic N) is 1. The van der Waals surface area contributed by atoms with E-state index >= 15 is 0 Å². The number of rotatable bonds is 4. The molecule has 4 nitrogen and oxygen atoms in total. The highest BCUT2D eigenvalue weighted by atomic mass is 16.1. The zero-order valence-electron chi connectivity index (χ0n) is 11.6. The second-order valence-electron chi connectivity index (χ2n) is 5.41. The molecule has 4 heteroatoms. The van der Waals surface area contributed by atoms with Crippen LogP contribution in [0.5, 0.6) is 0 Å². The highest BCUT2D eigenvalue weighted by molar-refractivity contribution is 5.93. The first kappa shape index (κ1) is 13.9. The lowest BCUT2D eigenvalue weighted by molar-refractivity contribution is 0.100. The largest absolute Gasteiger partial charge is 0.398 e. The number of likely N-dealkylation sites (tertiary alicyclic amines) is 1. The third-order valence-corrected chi connectivity index (χ3v) is 4.11. The summed E-state index contributed by atoms with van der Waals surface area (Å²) in [5.74, 6) is 0.452. The Balaban J connectivity index is 1.98. The first-order valence-electron chi connectivity index (χ1n) is 7.00. The van der Waals surface area contributed by atoms with Crippen molar-refractivity contribution < 1.29 is 4.79 Å². The number of hydrogen-bond acceptors (Lipinski definition) is 3. The van der Waals surface area contributed by atoms with Gasteiger partial charge in [-0.15, -0.1) is 0 Å². The molecule has 0 aliphatic carbocycles. The molecule has 0 aromatic heterocycles. The molecular weight excluding hydrogens is 238 g/mol. The Morgan fingerprint density at radius 3 is 2.58 bits per heavy atom. The van der Waals surface area contributed by atoms with E-state index in [0.717, 1.165) is 31.1 Å². The van der Waals surface area contributed by atoms with Gasteiger partial charge in [0.1, 0.15) is 0 Å². The molecule has 19 heavy (non-hydrogen) atoms. The van der Waals surface area contributed by atoms with Crippen molar-refractivity contribution in [2.45, 2.75) is 32.7 Å². The van der Waals surface area contributed by atoms with E-state index in [1.54, 1.807) is 12.1 Å². The molecule has 4 N–H and O–H groups in total. The van der Waals surface area contributed by atoms with Crippen LogP contribution in [0.2, 0.25) is 0 Å². The number of anilines is 1. The van der Waals surface area contributed by atoms with E-state index in [2.05, 4.69) is 11.8 Å². The van der Waals surface area contributed by atoms with Gasteiger partial charge < -0.3 is 11.5 Å². The molecule has 0 spiro atoms. The number of piperidine rings is 1. The third-order valence-electron chi connectivity index (χ3n) is 4.11. The molecule has 0 saturated carbocycles. The second-order valence-corrected chi connectivity index (χ2v) is 5.41. The summed E-state index contributed by atoms with van der Waals surface area (Å²) in [6.07, 6.45) is 3.83. The minimum Gasteiger partial charge on any atom is -0.398 e. The molecule has 1 aliphatic rings. The van der Waals surface area contributed by atoms with Gasteiger partial charge in [0.2, 0.25) is 5.91 Å². The Hall–Kier alpha value is -1.55.